The fraction of sp³-hybridized carbons (Fsp3) is 0. The van der Waals surface area contributed by atoms with Gasteiger partial charge in [0.1, 0.15) is 10.6 Å². The molecule has 0 bridgehead atoms. The Balaban J connectivity index is 1.08. The fourth-order valence-corrected chi connectivity index (χ4v) is 6.77. The summed E-state index contributed by atoms with van der Waals surface area (Å²) < 4.78 is 14.6. The summed E-state index contributed by atoms with van der Waals surface area (Å²) in [7, 11) is 0. The van der Waals surface area contributed by atoms with Crippen LogP contribution in [0.2, 0.25) is 0 Å². The minimum atomic E-state index is -0.218. The summed E-state index contributed by atoms with van der Waals surface area (Å²) in [6.07, 6.45) is 1.86. The number of pyridine rings is 1. The molecule has 0 atom stereocenters. The second-order valence-electron chi connectivity index (χ2n) is 10.6. The van der Waals surface area contributed by atoms with E-state index in [-0.39, 0.29) is 5.82 Å². The summed E-state index contributed by atoms with van der Waals surface area (Å²) in [6, 6.07) is 48.1. The van der Waals surface area contributed by atoms with Gasteiger partial charge in [0.2, 0.25) is 0 Å². The third kappa shape index (κ3) is 4.45. The zero-order chi connectivity index (χ0) is 28.0. The second kappa shape index (κ2) is 10.1. The summed E-state index contributed by atoms with van der Waals surface area (Å²) in [5, 5.41) is 4.91. The molecule has 42 heavy (non-hydrogen) atoms. The average molecular weight is 558 g/mol. The molecule has 0 saturated carbocycles. The Morgan fingerprint density at radius 2 is 0.905 bits per heavy atom. The van der Waals surface area contributed by atoms with Gasteiger partial charge < -0.3 is 0 Å². The van der Waals surface area contributed by atoms with E-state index in [0.717, 1.165) is 21.5 Å². The summed E-state index contributed by atoms with van der Waals surface area (Å²) in [5.74, 6) is -0.218. The zero-order valence-electron chi connectivity index (χ0n) is 22.6. The van der Waals surface area contributed by atoms with Crippen LogP contribution in [0.5, 0.6) is 0 Å². The normalized spacial score (nSPS) is 11.5. The highest BCUT2D eigenvalue weighted by Gasteiger charge is 2.09. The topological polar surface area (TPSA) is 12.9 Å². The Hall–Kier alpha value is -5.12. The molecule has 1 nitrogen and oxygen atoms in total. The van der Waals surface area contributed by atoms with Crippen LogP contribution >= 0.6 is 11.3 Å². The van der Waals surface area contributed by atoms with Gasteiger partial charge in [0.25, 0.3) is 0 Å². The predicted molar refractivity (Wildman–Crippen MR) is 176 cm³/mol. The Bertz CT molecular complexity index is 2230. The molecule has 198 valence electrons. The standard InChI is InChI=1S/C39H24FNS/c40-35-18-15-26(16-19-35)25-3-5-27(6-4-25)31-13-11-30-12-14-32(23-34(30)22-31)28-7-9-29(10-8-28)33-17-20-38-37(24-33)36-2-1-21-41-39(36)42-38/h1-24H. The Labute approximate surface area is 247 Å². The number of rotatable bonds is 4. The van der Waals surface area contributed by atoms with Gasteiger partial charge in [0.05, 0.1) is 0 Å². The lowest BCUT2D eigenvalue weighted by Crippen LogP contribution is -1.84. The number of nitrogens with zero attached hydrogens (tertiary/aromatic N) is 1. The fourth-order valence-electron chi connectivity index (χ4n) is 5.75. The Morgan fingerprint density at radius 1 is 0.429 bits per heavy atom. The quantitative estimate of drug-likeness (QED) is 0.210. The third-order valence-corrected chi connectivity index (χ3v) is 9.13. The first-order valence-electron chi connectivity index (χ1n) is 14.0. The van der Waals surface area contributed by atoms with Crippen molar-refractivity contribution in [3.63, 3.8) is 0 Å². The largest absolute Gasteiger partial charge is 0.245 e. The maximum absolute atomic E-state index is 13.3. The molecule has 0 saturated heterocycles. The van der Waals surface area contributed by atoms with E-state index in [1.165, 1.54) is 66.2 Å². The van der Waals surface area contributed by atoms with E-state index in [2.05, 4.69) is 114 Å². The first-order valence-corrected chi connectivity index (χ1v) is 14.8. The molecule has 0 N–H and O–H groups in total. The maximum Gasteiger partial charge on any atom is 0.124 e. The molecule has 0 fully saturated rings. The van der Waals surface area contributed by atoms with Gasteiger partial charge >= 0.3 is 0 Å². The van der Waals surface area contributed by atoms with E-state index < -0.39 is 0 Å². The molecule has 0 spiro atoms. The van der Waals surface area contributed by atoms with Gasteiger partial charge in [0, 0.05) is 21.7 Å². The van der Waals surface area contributed by atoms with Gasteiger partial charge in [-0.2, -0.15) is 0 Å². The lowest BCUT2D eigenvalue weighted by atomic mass is 9.95. The molecule has 0 aliphatic rings. The van der Waals surface area contributed by atoms with Gasteiger partial charge in [0.15, 0.2) is 0 Å². The molecule has 6 aromatic carbocycles. The van der Waals surface area contributed by atoms with E-state index in [4.69, 9.17) is 0 Å². The maximum atomic E-state index is 13.3. The van der Waals surface area contributed by atoms with Crippen LogP contribution in [0.3, 0.4) is 0 Å². The molecular formula is C39H24FNS. The Kier molecular flexibility index (Phi) is 5.90. The molecule has 8 aromatic rings. The van der Waals surface area contributed by atoms with Crippen LogP contribution in [0, 0.1) is 5.82 Å². The average Bonchev–Trinajstić information content (AvgIpc) is 3.43. The lowest BCUT2D eigenvalue weighted by Gasteiger charge is -2.09. The highest BCUT2D eigenvalue weighted by Crippen LogP contribution is 2.36. The van der Waals surface area contributed by atoms with E-state index in [1.54, 1.807) is 11.3 Å². The molecule has 0 aliphatic heterocycles. The molecule has 2 heterocycles. The number of hydrogen-bond acceptors (Lipinski definition) is 2. The molecule has 0 unspecified atom stereocenters. The highest BCUT2D eigenvalue weighted by atomic mass is 32.1. The smallest absolute Gasteiger partial charge is 0.124 e. The molecule has 8 rings (SSSR count). The summed E-state index contributed by atoms with van der Waals surface area (Å²) in [5.41, 5.74) is 9.23. The Morgan fingerprint density at radius 3 is 1.50 bits per heavy atom. The van der Waals surface area contributed by atoms with Gasteiger partial charge in [-0.05, 0) is 104 Å². The van der Waals surface area contributed by atoms with Crippen LogP contribution in [0.4, 0.5) is 4.39 Å². The van der Waals surface area contributed by atoms with E-state index >= 15 is 0 Å². The van der Waals surface area contributed by atoms with Gasteiger partial charge in [-0.15, -0.1) is 11.3 Å². The van der Waals surface area contributed by atoms with Crippen molar-refractivity contribution in [2.75, 3.05) is 0 Å². The highest BCUT2D eigenvalue weighted by molar-refractivity contribution is 7.25. The summed E-state index contributed by atoms with van der Waals surface area (Å²) >= 11 is 1.74. The summed E-state index contributed by atoms with van der Waals surface area (Å²) in [6.45, 7) is 0. The van der Waals surface area contributed by atoms with Crippen molar-refractivity contribution in [1.82, 2.24) is 4.98 Å². The SMILES string of the molecule is Fc1ccc(-c2ccc(-c3ccc4ccc(-c5ccc(-c6ccc7sc8ncccc8c7c6)cc5)cc4c3)cc2)cc1. The van der Waals surface area contributed by atoms with Crippen LogP contribution in [0.15, 0.2) is 146 Å². The van der Waals surface area contributed by atoms with Crippen LogP contribution in [0.25, 0.3) is 75.6 Å². The van der Waals surface area contributed by atoms with Crippen molar-refractivity contribution in [1.29, 1.82) is 0 Å². The first kappa shape index (κ1) is 24.7. The van der Waals surface area contributed by atoms with Gasteiger partial charge in [-0.3, -0.25) is 0 Å². The van der Waals surface area contributed by atoms with Crippen LogP contribution in [-0.4, -0.2) is 4.98 Å². The first-order chi connectivity index (χ1) is 20.7. The van der Waals surface area contributed by atoms with Crippen molar-refractivity contribution in [2.24, 2.45) is 0 Å². The van der Waals surface area contributed by atoms with Crippen LogP contribution < -0.4 is 0 Å². The minimum Gasteiger partial charge on any atom is -0.245 e. The molecule has 2 aromatic heterocycles. The monoisotopic (exact) mass is 557 g/mol. The van der Waals surface area contributed by atoms with Crippen molar-refractivity contribution >= 4 is 42.4 Å². The van der Waals surface area contributed by atoms with Crippen molar-refractivity contribution in [3.05, 3.63) is 152 Å². The minimum absolute atomic E-state index is 0.218. The van der Waals surface area contributed by atoms with E-state index in [0.29, 0.717) is 0 Å². The molecule has 0 aliphatic carbocycles. The van der Waals surface area contributed by atoms with Crippen LogP contribution in [-0.2, 0) is 0 Å². The summed E-state index contributed by atoms with van der Waals surface area (Å²) in [4.78, 5) is 5.62. The number of aromatic nitrogens is 1. The van der Waals surface area contributed by atoms with E-state index in [1.807, 2.05) is 24.4 Å². The number of halogens is 1. The number of thiophene rings is 1. The van der Waals surface area contributed by atoms with E-state index in [9.17, 15) is 4.39 Å². The van der Waals surface area contributed by atoms with Crippen LogP contribution in [0.1, 0.15) is 0 Å². The van der Waals surface area contributed by atoms with Crippen molar-refractivity contribution in [3.8, 4) is 44.5 Å². The molecule has 3 heteroatoms. The lowest BCUT2D eigenvalue weighted by molar-refractivity contribution is 0.628. The van der Waals surface area contributed by atoms with Crippen molar-refractivity contribution in [2.45, 2.75) is 0 Å². The number of benzene rings is 6. The van der Waals surface area contributed by atoms with Gasteiger partial charge in [-0.25, -0.2) is 9.37 Å². The zero-order valence-corrected chi connectivity index (χ0v) is 23.4. The van der Waals surface area contributed by atoms with Gasteiger partial charge in [-0.1, -0.05) is 91.0 Å². The second-order valence-corrected chi connectivity index (χ2v) is 11.6. The number of hydrogen-bond donors (Lipinski definition) is 0. The molecule has 0 radical (unpaired) electrons. The molecule has 0 amide bonds. The molecular weight excluding hydrogens is 534 g/mol. The van der Waals surface area contributed by atoms with Crippen molar-refractivity contribution < 1.29 is 4.39 Å². The number of fused-ring (bicyclic) bond motifs is 4. The predicted octanol–water partition coefficient (Wildman–Crippen LogP) is 11.4. The third-order valence-electron chi connectivity index (χ3n) is 8.04.